The maximum absolute atomic E-state index is 9.82. The van der Waals surface area contributed by atoms with Crippen LogP contribution >= 0.6 is 0 Å². The topological polar surface area (TPSA) is 20.2 Å². The third-order valence-electron chi connectivity index (χ3n) is 2.52. The number of aliphatic hydroxyl groups is 1. The van der Waals surface area contributed by atoms with Crippen LogP contribution in [0.2, 0.25) is 0 Å². The second-order valence-electron chi connectivity index (χ2n) is 3.78. The van der Waals surface area contributed by atoms with Gasteiger partial charge in [0.2, 0.25) is 0 Å². The first-order valence-electron chi connectivity index (χ1n) is 5.57. The third kappa shape index (κ3) is 3.93. The molecule has 0 aromatic heterocycles. The lowest BCUT2D eigenvalue weighted by molar-refractivity contribution is 0.163. The second-order valence-corrected chi connectivity index (χ2v) is 3.78. The number of hydrogen-bond donors (Lipinski definition) is 1. The van der Waals surface area contributed by atoms with E-state index in [9.17, 15) is 5.11 Å². The number of benzene rings is 1. The van der Waals surface area contributed by atoms with Gasteiger partial charge in [-0.05, 0) is 12.0 Å². The van der Waals surface area contributed by atoms with Crippen LogP contribution in [0.5, 0.6) is 0 Å². The van der Waals surface area contributed by atoms with E-state index in [-0.39, 0.29) is 6.10 Å². The van der Waals surface area contributed by atoms with E-state index in [1.54, 1.807) is 0 Å². The van der Waals surface area contributed by atoms with E-state index in [2.05, 4.69) is 6.92 Å². The predicted molar refractivity (Wildman–Crippen MR) is 60.2 cm³/mol. The Hall–Kier alpha value is -0.820. The van der Waals surface area contributed by atoms with Crippen molar-refractivity contribution in [3.63, 3.8) is 0 Å². The minimum absolute atomic E-state index is 0.270. The SMILES string of the molecule is CCCCCCC(O)c1ccccc1. The Morgan fingerprint density at radius 2 is 1.79 bits per heavy atom. The molecule has 0 amide bonds. The molecule has 1 rings (SSSR count). The molecule has 0 spiro atoms. The van der Waals surface area contributed by atoms with Crippen LogP contribution in [0.25, 0.3) is 0 Å². The minimum atomic E-state index is -0.270. The lowest BCUT2D eigenvalue weighted by atomic mass is 10.0. The molecule has 0 heterocycles. The van der Waals surface area contributed by atoms with Crippen molar-refractivity contribution in [2.75, 3.05) is 0 Å². The maximum atomic E-state index is 9.82. The quantitative estimate of drug-likeness (QED) is 0.681. The smallest absolute Gasteiger partial charge is 0.0790 e. The molecule has 0 radical (unpaired) electrons. The molecule has 0 bridgehead atoms. The van der Waals surface area contributed by atoms with Gasteiger partial charge < -0.3 is 5.11 Å². The molecule has 0 saturated carbocycles. The Balaban J connectivity index is 2.25. The second kappa shape index (κ2) is 6.61. The van der Waals surface area contributed by atoms with E-state index in [0.717, 1.165) is 18.4 Å². The zero-order valence-electron chi connectivity index (χ0n) is 8.95. The van der Waals surface area contributed by atoms with Gasteiger partial charge in [0.25, 0.3) is 0 Å². The average molecular weight is 192 g/mol. The molecule has 1 aromatic carbocycles. The van der Waals surface area contributed by atoms with Crippen molar-refractivity contribution in [2.45, 2.75) is 45.1 Å². The van der Waals surface area contributed by atoms with Crippen LogP contribution in [0.3, 0.4) is 0 Å². The Morgan fingerprint density at radius 1 is 1.07 bits per heavy atom. The number of unbranched alkanes of at least 4 members (excludes halogenated alkanes) is 3. The predicted octanol–water partition coefficient (Wildman–Crippen LogP) is 3.69. The van der Waals surface area contributed by atoms with Gasteiger partial charge in [0, 0.05) is 0 Å². The maximum Gasteiger partial charge on any atom is 0.0790 e. The van der Waals surface area contributed by atoms with Crippen LogP contribution in [-0.2, 0) is 0 Å². The molecule has 14 heavy (non-hydrogen) atoms. The van der Waals surface area contributed by atoms with Crippen LogP contribution in [0.4, 0.5) is 0 Å². The molecule has 1 unspecified atom stereocenters. The summed E-state index contributed by atoms with van der Waals surface area (Å²) in [7, 11) is 0. The van der Waals surface area contributed by atoms with Gasteiger partial charge in [0.05, 0.1) is 6.10 Å². The van der Waals surface area contributed by atoms with Crippen molar-refractivity contribution in [1.82, 2.24) is 0 Å². The van der Waals surface area contributed by atoms with Crippen molar-refractivity contribution in [1.29, 1.82) is 0 Å². The molecule has 1 aromatic rings. The Morgan fingerprint density at radius 3 is 2.43 bits per heavy atom. The summed E-state index contributed by atoms with van der Waals surface area (Å²) < 4.78 is 0. The largest absolute Gasteiger partial charge is 0.388 e. The highest BCUT2D eigenvalue weighted by molar-refractivity contribution is 5.16. The molecular weight excluding hydrogens is 172 g/mol. The van der Waals surface area contributed by atoms with Crippen LogP contribution in [0.1, 0.15) is 50.7 Å². The summed E-state index contributed by atoms with van der Waals surface area (Å²) in [4.78, 5) is 0. The van der Waals surface area contributed by atoms with Gasteiger partial charge in [-0.25, -0.2) is 0 Å². The fourth-order valence-corrected chi connectivity index (χ4v) is 1.61. The minimum Gasteiger partial charge on any atom is -0.388 e. The summed E-state index contributed by atoms with van der Waals surface area (Å²) in [5.41, 5.74) is 1.05. The highest BCUT2D eigenvalue weighted by Crippen LogP contribution is 2.19. The van der Waals surface area contributed by atoms with Crippen molar-refractivity contribution in [3.05, 3.63) is 35.9 Å². The van der Waals surface area contributed by atoms with Gasteiger partial charge in [-0.2, -0.15) is 0 Å². The van der Waals surface area contributed by atoms with Crippen molar-refractivity contribution >= 4 is 0 Å². The van der Waals surface area contributed by atoms with Crippen molar-refractivity contribution < 1.29 is 5.11 Å². The molecular formula is C13H20O. The molecule has 0 aliphatic rings. The zero-order chi connectivity index (χ0) is 10.2. The molecule has 1 nitrogen and oxygen atoms in total. The molecule has 0 fully saturated rings. The van der Waals surface area contributed by atoms with Gasteiger partial charge in [-0.3, -0.25) is 0 Å². The molecule has 0 aliphatic heterocycles. The van der Waals surface area contributed by atoms with Crippen LogP contribution in [0, 0.1) is 0 Å². The fraction of sp³-hybridized carbons (Fsp3) is 0.538. The van der Waals surface area contributed by atoms with Crippen LogP contribution in [0.15, 0.2) is 30.3 Å². The van der Waals surface area contributed by atoms with Gasteiger partial charge >= 0.3 is 0 Å². The first-order valence-corrected chi connectivity index (χ1v) is 5.57. The van der Waals surface area contributed by atoms with E-state index in [1.165, 1.54) is 19.3 Å². The monoisotopic (exact) mass is 192 g/mol. The van der Waals surface area contributed by atoms with E-state index >= 15 is 0 Å². The summed E-state index contributed by atoms with van der Waals surface area (Å²) >= 11 is 0. The zero-order valence-corrected chi connectivity index (χ0v) is 8.95. The fourth-order valence-electron chi connectivity index (χ4n) is 1.61. The Bertz CT molecular complexity index is 230. The standard InChI is InChI=1S/C13H20O/c1-2-3-4-8-11-13(14)12-9-6-5-7-10-12/h5-7,9-10,13-14H,2-4,8,11H2,1H3. The number of hydrogen-bond acceptors (Lipinski definition) is 1. The number of aliphatic hydroxyl groups excluding tert-OH is 1. The highest BCUT2D eigenvalue weighted by atomic mass is 16.3. The lowest BCUT2D eigenvalue weighted by Gasteiger charge is -2.09. The van der Waals surface area contributed by atoms with Gasteiger partial charge in [-0.1, -0.05) is 62.9 Å². The summed E-state index contributed by atoms with van der Waals surface area (Å²) in [6.45, 7) is 2.20. The Kier molecular flexibility index (Phi) is 5.31. The van der Waals surface area contributed by atoms with E-state index in [4.69, 9.17) is 0 Å². The summed E-state index contributed by atoms with van der Waals surface area (Å²) in [6, 6.07) is 9.91. The van der Waals surface area contributed by atoms with Gasteiger partial charge in [0.1, 0.15) is 0 Å². The van der Waals surface area contributed by atoms with Crippen LogP contribution < -0.4 is 0 Å². The van der Waals surface area contributed by atoms with Crippen molar-refractivity contribution in [2.24, 2.45) is 0 Å². The van der Waals surface area contributed by atoms with Gasteiger partial charge in [-0.15, -0.1) is 0 Å². The Labute approximate surface area is 86.8 Å². The average Bonchev–Trinajstić information content (AvgIpc) is 2.25. The highest BCUT2D eigenvalue weighted by Gasteiger charge is 2.05. The molecule has 1 heteroatoms. The van der Waals surface area contributed by atoms with E-state index in [0.29, 0.717) is 0 Å². The summed E-state index contributed by atoms with van der Waals surface area (Å²) in [5, 5.41) is 9.82. The first kappa shape index (κ1) is 11.3. The van der Waals surface area contributed by atoms with Gasteiger partial charge in [0.15, 0.2) is 0 Å². The van der Waals surface area contributed by atoms with Crippen LogP contribution in [-0.4, -0.2) is 5.11 Å². The van der Waals surface area contributed by atoms with E-state index in [1.807, 2.05) is 30.3 Å². The molecule has 78 valence electrons. The molecule has 0 saturated heterocycles. The molecule has 1 N–H and O–H groups in total. The summed E-state index contributed by atoms with van der Waals surface area (Å²) in [5.74, 6) is 0. The van der Waals surface area contributed by atoms with Crippen molar-refractivity contribution in [3.8, 4) is 0 Å². The summed E-state index contributed by atoms with van der Waals surface area (Å²) in [6.07, 6.45) is 5.52. The normalized spacial score (nSPS) is 12.7. The first-order chi connectivity index (χ1) is 6.84. The molecule has 0 aliphatic carbocycles. The van der Waals surface area contributed by atoms with E-state index < -0.39 is 0 Å². The lowest BCUT2D eigenvalue weighted by Crippen LogP contribution is -1.96. The molecule has 1 atom stereocenters. The number of rotatable bonds is 6. The third-order valence-corrected chi connectivity index (χ3v) is 2.52.